The molecule has 2 N–H and O–H groups in total. The fourth-order valence-corrected chi connectivity index (χ4v) is 2.10. The number of rotatable bonds is 2. The molecule has 1 fully saturated rings. The van der Waals surface area contributed by atoms with Crippen molar-refractivity contribution in [2.75, 3.05) is 25.4 Å². The van der Waals surface area contributed by atoms with Crippen molar-refractivity contribution in [1.82, 2.24) is 9.88 Å². The molecule has 1 aliphatic heterocycles. The van der Waals surface area contributed by atoms with Gasteiger partial charge in [0.2, 0.25) is 0 Å². The number of carbonyl (C=O) groups is 1. The van der Waals surface area contributed by atoms with Crippen molar-refractivity contribution in [1.29, 1.82) is 0 Å². The van der Waals surface area contributed by atoms with Gasteiger partial charge in [-0.3, -0.25) is 4.79 Å². The first-order valence-electron chi connectivity index (χ1n) is 5.93. The van der Waals surface area contributed by atoms with Crippen molar-refractivity contribution in [3.63, 3.8) is 0 Å². The SMILES string of the molecule is CCC1CN(C(=O)c2cc(Cl)ncc2N)CCO1. The molecule has 0 radical (unpaired) electrons. The summed E-state index contributed by atoms with van der Waals surface area (Å²) in [5, 5.41) is 0.271. The Hall–Kier alpha value is -1.33. The lowest BCUT2D eigenvalue weighted by Gasteiger charge is -2.32. The van der Waals surface area contributed by atoms with Crippen LogP contribution in [0.5, 0.6) is 0 Å². The second kappa shape index (κ2) is 5.54. The second-order valence-corrected chi connectivity index (χ2v) is 4.63. The molecule has 98 valence electrons. The first-order valence-corrected chi connectivity index (χ1v) is 6.31. The molecular formula is C12H16ClN3O2. The molecule has 1 unspecified atom stereocenters. The molecule has 1 aromatic heterocycles. The number of halogens is 1. The summed E-state index contributed by atoms with van der Waals surface area (Å²) in [7, 11) is 0. The number of nitrogen functional groups attached to an aromatic ring is 1. The molecule has 1 amide bonds. The van der Waals surface area contributed by atoms with Crippen LogP contribution in [-0.4, -0.2) is 41.6 Å². The van der Waals surface area contributed by atoms with E-state index in [1.165, 1.54) is 12.3 Å². The number of carbonyl (C=O) groups excluding carboxylic acids is 1. The molecular weight excluding hydrogens is 254 g/mol. The van der Waals surface area contributed by atoms with Crippen LogP contribution < -0.4 is 5.73 Å². The van der Waals surface area contributed by atoms with Gasteiger partial charge in [-0.25, -0.2) is 4.98 Å². The topological polar surface area (TPSA) is 68.5 Å². The minimum atomic E-state index is -0.112. The Balaban J connectivity index is 2.17. The predicted molar refractivity (Wildman–Crippen MR) is 69.6 cm³/mol. The Bertz CT molecular complexity index is 453. The van der Waals surface area contributed by atoms with E-state index in [1.54, 1.807) is 4.90 Å². The third-order valence-electron chi connectivity index (χ3n) is 3.01. The predicted octanol–water partition coefficient (Wildman–Crippen LogP) is 1.57. The van der Waals surface area contributed by atoms with Gasteiger partial charge in [0, 0.05) is 13.1 Å². The van der Waals surface area contributed by atoms with Crippen LogP contribution in [0.4, 0.5) is 5.69 Å². The van der Waals surface area contributed by atoms with E-state index in [0.717, 1.165) is 6.42 Å². The van der Waals surface area contributed by atoms with Crippen LogP contribution in [0.2, 0.25) is 5.15 Å². The molecule has 0 aliphatic carbocycles. The summed E-state index contributed by atoms with van der Waals surface area (Å²) in [5.41, 5.74) is 6.52. The molecule has 0 aromatic carbocycles. The maximum absolute atomic E-state index is 12.3. The zero-order valence-corrected chi connectivity index (χ0v) is 11.0. The number of ether oxygens (including phenoxy) is 1. The van der Waals surface area contributed by atoms with Crippen LogP contribution in [0.1, 0.15) is 23.7 Å². The van der Waals surface area contributed by atoms with E-state index in [2.05, 4.69) is 4.98 Å². The number of nitrogens with zero attached hydrogens (tertiary/aromatic N) is 2. The van der Waals surface area contributed by atoms with Crippen molar-refractivity contribution in [3.8, 4) is 0 Å². The number of morpholine rings is 1. The van der Waals surface area contributed by atoms with Gasteiger partial charge in [0.05, 0.1) is 30.2 Å². The first-order chi connectivity index (χ1) is 8.61. The summed E-state index contributed by atoms with van der Waals surface area (Å²) in [6.45, 7) is 3.77. The number of anilines is 1. The van der Waals surface area contributed by atoms with Crippen molar-refractivity contribution < 1.29 is 9.53 Å². The molecule has 0 spiro atoms. The summed E-state index contributed by atoms with van der Waals surface area (Å²) in [4.78, 5) is 17.9. The summed E-state index contributed by atoms with van der Waals surface area (Å²) >= 11 is 5.79. The van der Waals surface area contributed by atoms with Crippen LogP contribution >= 0.6 is 11.6 Å². The van der Waals surface area contributed by atoms with Crippen LogP contribution in [-0.2, 0) is 4.74 Å². The summed E-state index contributed by atoms with van der Waals surface area (Å²) < 4.78 is 5.53. The van der Waals surface area contributed by atoms with Crippen LogP contribution in [0, 0.1) is 0 Å². The minimum Gasteiger partial charge on any atom is -0.397 e. The smallest absolute Gasteiger partial charge is 0.256 e. The molecule has 6 heteroatoms. The van der Waals surface area contributed by atoms with Gasteiger partial charge >= 0.3 is 0 Å². The Labute approximate surface area is 111 Å². The maximum atomic E-state index is 12.3. The molecule has 2 heterocycles. The second-order valence-electron chi connectivity index (χ2n) is 4.25. The number of nitrogens with two attached hydrogens (primary N) is 1. The van der Waals surface area contributed by atoms with Crippen molar-refractivity contribution in [2.24, 2.45) is 0 Å². The Kier molecular flexibility index (Phi) is 4.04. The fourth-order valence-electron chi connectivity index (χ4n) is 1.95. The van der Waals surface area contributed by atoms with Gasteiger partial charge in [-0.05, 0) is 12.5 Å². The maximum Gasteiger partial charge on any atom is 0.256 e. The average Bonchev–Trinajstić information content (AvgIpc) is 2.41. The fraction of sp³-hybridized carbons (Fsp3) is 0.500. The molecule has 1 saturated heterocycles. The average molecular weight is 270 g/mol. The highest BCUT2D eigenvalue weighted by atomic mass is 35.5. The van der Waals surface area contributed by atoms with E-state index in [9.17, 15) is 4.79 Å². The normalized spacial score (nSPS) is 19.9. The standard InChI is InChI=1S/C12H16ClN3O2/c1-2-8-7-16(3-4-18-8)12(17)9-5-11(13)15-6-10(9)14/h5-6,8H,2-4,7,14H2,1H3. The molecule has 0 bridgehead atoms. The van der Waals surface area contributed by atoms with Gasteiger partial charge < -0.3 is 15.4 Å². The highest BCUT2D eigenvalue weighted by molar-refractivity contribution is 6.29. The molecule has 0 saturated carbocycles. The lowest BCUT2D eigenvalue weighted by Crippen LogP contribution is -2.45. The van der Waals surface area contributed by atoms with Crippen LogP contribution in [0.15, 0.2) is 12.3 Å². The minimum absolute atomic E-state index is 0.0984. The van der Waals surface area contributed by atoms with E-state index in [4.69, 9.17) is 22.1 Å². The summed E-state index contributed by atoms with van der Waals surface area (Å²) in [6, 6.07) is 1.51. The molecule has 1 aliphatic rings. The Morgan fingerprint density at radius 3 is 3.22 bits per heavy atom. The highest BCUT2D eigenvalue weighted by Gasteiger charge is 2.25. The van der Waals surface area contributed by atoms with Crippen molar-refractivity contribution >= 4 is 23.2 Å². The highest BCUT2D eigenvalue weighted by Crippen LogP contribution is 2.19. The van der Waals surface area contributed by atoms with Gasteiger partial charge in [0.25, 0.3) is 5.91 Å². The molecule has 5 nitrogen and oxygen atoms in total. The number of aromatic nitrogens is 1. The zero-order chi connectivity index (χ0) is 13.1. The van der Waals surface area contributed by atoms with E-state index in [0.29, 0.717) is 30.9 Å². The summed E-state index contributed by atoms with van der Waals surface area (Å²) in [6.07, 6.45) is 2.39. The van der Waals surface area contributed by atoms with E-state index in [-0.39, 0.29) is 17.2 Å². The van der Waals surface area contributed by atoms with Gasteiger partial charge in [0.1, 0.15) is 5.15 Å². The Morgan fingerprint density at radius 1 is 1.72 bits per heavy atom. The van der Waals surface area contributed by atoms with Gasteiger partial charge in [-0.1, -0.05) is 18.5 Å². The number of hydrogen-bond acceptors (Lipinski definition) is 4. The van der Waals surface area contributed by atoms with E-state index < -0.39 is 0 Å². The number of pyridine rings is 1. The zero-order valence-electron chi connectivity index (χ0n) is 10.2. The quantitative estimate of drug-likeness (QED) is 0.828. The summed E-state index contributed by atoms with van der Waals surface area (Å²) in [5.74, 6) is -0.112. The Morgan fingerprint density at radius 2 is 2.50 bits per heavy atom. The lowest BCUT2D eigenvalue weighted by molar-refractivity contribution is -0.0225. The molecule has 1 atom stereocenters. The number of amides is 1. The van der Waals surface area contributed by atoms with E-state index >= 15 is 0 Å². The van der Waals surface area contributed by atoms with Crippen molar-refractivity contribution in [3.05, 3.63) is 23.0 Å². The van der Waals surface area contributed by atoms with Gasteiger partial charge in [-0.2, -0.15) is 0 Å². The lowest BCUT2D eigenvalue weighted by atomic mass is 10.1. The third kappa shape index (κ3) is 2.73. The molecule has 2 rings (SSSR count). The van der Waals surface area contributed by atoms with Gasteiger partial charge in [-0.15, -0.1) is 0 Å². The first kappa shape index (κ1) is 13.1. The largest absolute Gasteiger partial charge is 0.397 e. The molecule has 1 aromatic rings. The third-order valence-corrected chi connectivity index (χ3v) is 3.22. The van der Waals surface area contributed by atoms with Crippen LogP contribution in [0.3, 0.4) is 0 Å². The molecule has 18 heavy (non-hydrogen) atoms. The monoisotopic (exact) mass is 269 g/mol. The van der Waals surface area contributed by atoms with Crippen molar-refractivity contribution in [2.45, 2.75) is 19.4 Å². The van der Waals surface area contributed by atoms with Gasteiger partial charge in [0.15, 0.2) is 0 Å². The number of hydrogen-bond donors (Lipinski definition) is 1. The van der Waals surface area contributed by atoms with Crippen LogP contribution in [0.25, 0.3) is 0 Å². The van der Waals surface area contributed by atoms with E-state index in [1.807, 2.05) is 6.92 Å².